The van der Waals surface area contributed by atoms with Crippen molar-refractivity contribution < 1.29 is 5.11 Å². The van der Waals surface area contributed by atoms with Crippen LogP contribution in [0.25, 0.3) is 11.2 Å². The molecule has 0 amide bonds. The average molecular weight is 191 g/mol. The van der Waals surface area contributed by atoms with Crippen molar-refractivity contribution in [2.24, 2.45) is 0 Å². The Labute approximate surface area is 79.7 Å². The number of rotatable bonds is 2. The Morgan fingerprint density at radius 3 is 3.00 bits per heavy atom. The van der Waals surface area contributed by atoms with Crippen LogP contribution in [-0.4, -0.2) is 24.6 Å². The van der Waals surface area contributed by atoms with E-state index in [2.05, 4.69) is 21.5 Å². The van der Waals surface area contributed by atoms with Crippen LogP contribution in [0, 0.1) is 0 Å². The maximum absolute atomic E-state index is 9.51. The summed E-state index contributed by atoms with van der Waals surface area (Å²) in [5, 5.41) is 9.51. The Bertz CT molecular complexity index is 478. The molecule has 0 bridgehead atoms. The molecular weight excluding hydrogens is 182 g/mol. The van der Waals surface area contributed by atoms with Crippen LogP contribution in [0.15, 0.2) is 25.3 Å². The second-order valence-corrected chi connectivity index (χ2v) is 2.73. The summed E-state index contributed by atoms with van der Waals surface area (Å²) in [5.74, 6) is 0.296. The number of nitrogens with zero attached hydrogens (tertiary/aromatic N) is 4. The van der Waals surface area contributed by atoms with E-state index < -0.39 is 6.23 Å². The van der Waals surface area contributed by atoms with E-state index in [0.717, 1.165) is 0 Å². The lowest BCUT2D eigenvalue weighted by molar-refractivity contribution is 0.158. The SMILES string of the molecule is C=CC(O)n1cnc2c(N)ncnc21. The molecule has 0 saturated carbocycles. The van der Waals surface area contributed by atoms with E-state index in [-0.39, 0.29) is 0 Å². The van der Waals surface area contributed by atoms with E-state index in [9.17, 15) is 5.11 Å². The highest BCUT2D eigenvalue weighted by atomic mass is 16.3. The second kappa shape index (κ2) is 3.08. The molecule has 2 aromatic rings. The van der Waals surface area contributed by atoms with Crippen molar-refractivity contribution in [3.05, 3.63) is 25.3 Å². The van der Waals surface area contributed by atoms with Crippen molar-refractivity contribution in [3.8, 4) is 0 Å². The number of hydrogen-bond donors (Lipinski definition) is 2. The van der Waals surface area contributed by atoms with Gasteiger partial charge in [-0.25, -0.2) is 15.0 Å². The molecule has 0 aromatic carbocycles. The van der Waals surface area contributed by atoms with Crippen molar-refractivity contribution in [3.63, 3.8) is 0 Å². The maximum Gasteiger partial charge on any atom is 0.167 e. The molecule has 2 heterocycles. The zero-order chi connectivity index (χ0) is 10.1. The highest BCUT2D eigenvalue weighted by Crippen LogP contribution is 2.17. The number of hydrogen-bond acceptors (Lipinski definition) is 5. The molecule has 0 radical (unpaired) electrons. The van der Waals surface area contributed by atoms with Crippen LogP contribution in [0.3, 0.4) is 0 Å². The first-order chi connectivity index (χ1) is 6.74. The van der Waals surface area contributed by atoms with Crippen LogP contribution in [-0.2, 0) is 0 Å². The highest BCUT2D eigenvalue weighted by molar-refractivity contribution is 5.81. The number of fused-ring (bicyclic) bond motifs is 1. The van der Waals surface area contributed by atoms with E-state index in [1.165, 1.54) is 23.3 Å². The van der Waals surface area contributed by atoms with Crippen molar-refractivity contribution in [1.82, 2.24) is 19.5 Å². The second-order valence-electron chi connectivity index (χ2n) is 2.73. The molecule has 0 fully saturated rings. The Morgan fingerprint density at radius 1 is 1.50 bits per heavy atom. The van der Waals surface area contributed by atoms with Crippen LogP contribution in [0.4, 0.5) is 5.82 Å². The molecule has 2 aromatic heterocycles. The molecule has 1 atom stereocenters. The van der Waals surface area contributed by atoms with Gasteiger partial charge in [-0.3, -0.25) is 4.57 Å². The van der Waals surface area contributed by atoms with Gasteiger partial charge in [0.15, 0.2) is 17.7 Å². The van der Waals surface area contributed by atoms with Crippen LogP contribution in [0.2, 0.25) is 0 Å². The topological polar surface area (TPSA) is 89.8 Å². The fraction of sp³-hybridized carbons (Fsp3) is 0.125. The average Bonchev–Trinajstić information content (AvgIpc) is 2.62. The lowest BCUT2D eigenvalue weighted by Gasteiger charge is -2.06. The van der Waals surface area contributed by atoms with E-state index in [4.69, 9.17) is 5.73 Å². The summed E-state index contributed by atoms with van der Waals surface area (Å²) >= 11 is 0. The van der Waals surface area contributed by atoms with Gasteiger partial charge in [-0.15, -0.1) is 0 Å². The van der Waals surface area contributed by atoms with Gasteiger partial charge in [-0.2, -0.15) is 0 Å². The van der Waals surface area contributed by atoms with E-state index in [1.54, 1.807) is 0 Å². The normalized spacial score (nSPS) is 12.9. The van der Waals surface area contributed by atoms with Crippen molar-refractivity contribution >= 4 is 17.0 Å². The number of anilines is 1. The molecule has 6 heteroatoms. The molecule has 6 nitrogen and oxygen atoms in total. The molecule has 0 aliphatic rings. The lowest BCUT2D eigenvalue weighted by Crippen LogP contribution is -2.04. The Hall–Kier alpha value is -1.95. The summed E-state index contributed by atoms with van der Waals surface area (Å²) < 4.78 is 1.46. The largest absolute Gasteiger partial charge is 0.382 e. The highest BCUT2D eigenvalue weighted by Gasteiger charge is 2.10. The van der Waals surface area contributed by atoms with Crippen LogP contribution in [0.1, 0.15) is 6.23 Å². The van der Waals surface area contributed by atoms with Gasteiger partial charge in [0.1, 0.15) is 11.8 Å². The van der Waals surface area contributed by atoms with Gasteiger partial charge in [-0.05, 0) is 6.08 Å². The number of aliphatic hydroxyl groups excluding tert-OH is 1. The summed E-state index contributed by atoms with van der Waals surface area (Å²) in [5.41, 5.74) is 6.55. The standard InChI is InChI=1S/C8H9N5O/c1-2-5(14)13-4-12-6-7(9)10-3-11-8(6)13/h2-5,14H,1H2,(H2,9,10,11). The van der Waals surface area contributed by atoms with Gasteiger partial charge >= 0.3 is 0 Å². The Balaban J connectivity index is 2.69. The van der Waals surface area contributed by atoms with Crippen LogP contribution >= 0.6 is 0 Å². The number of nitrogens with two attached hydrogens (primary N) is 1. The minimum atomic E-state index is -0.853. The zero-order valence-corrected chi connectivity index (χ0v) is 7.33. The van der Waals surface area contributed by atoms with Gasteiger partial charge in [0.25, 0.3) is 0 Å². The van der Waals surface area contributed by atoms with Gasteiger partial charge in [0, 0.05) is 0 Å². The first-order valence-electron chi connectivity index (χ1n) is 3.97. The summed E-state index contributed by atoms with van der Waals surface area (Å²) in [6, 6.07) is 0. The fourth-order valence-corrected chi connectivity index (χ4v) is 1.18. The smallest absolute Gasteiger partial charge is 0.167 e. The minimum absolute atomic E-state index is 0.296. The zero-order valence-electron chi connectivity index (χ0n) is 7.33. The fourth-order valence-electron chi connectivity index (χ4n) is 1.18. The van der Waals surface area contributed by atoms with Gasteiger partial charge < -0.3 is 10.8 Å². The minimum Gasteiger partial charge on any atom is -0.382 e. The molecular formula is C8H9N5O. The quantitative estimate of drug-likeness (QED) is 0.656. The summed E-state index contributed by atoms with van der Waals surface area (Å²) in [7, 11) is 0. The van der Waals surface area contributed by atoms with E-state index in [0.29, 0.717) is 17.0 Å². The number of aromatic nitrogens is 4. The monoisotopic (exact) mass is 191 g/mol. The third-order valence-electron chi connectivity index (χ3n) is 1.88. The summed E-state index contributed by atoms with van der Waals surface area (Å²) in [4.78, 5) is 11.8. The summed E-state index contributed by atoms with van der Waals surface area (Å²) in [6.45, 7) is 3.47. The predicted octanol–water partition coefficient (Wildman–Crippen LogP) is 0.0854. The van der Waals surface area contributed by atoms with E-state index >= 15 is 0 Å². The number of aliphatic hydroxyl groups is 1. The molecule has 3 N–H and O–H groups in total. The van der Waals surface area contributed by atoms with E-state index in [1.807, 2.05) is 0 Å². The first kappa shape index (κ1) is 8.64. The maximum atomic E-state index is 9.51. The molecule has 0 aliphatic carbocycles. The van der Waals surface area contributed by atoms with Crippen molar-refractivity contribution in [1.29, 1.82) is 0 Å². The first-order valence-corrected chi connectivity index (χ1v) is 3.97. The molecule has 72 valence electrons. The van der Waals surface area contributed by atoms with Crippen molar-refractivity contribution in [2.45, 2.75) is 6.23 Å². The molecule has 0 aliphatic heterocycles. The molecule has 0 spiro atoms. The van der Waals surface area contributed by atoms with Crippen LogP contribution < -0.4 is 5.73 Å². The predicted molar refractivity (Wildman–Crippen MR) is 51.2 cm³/mol. The molecule has 14 heavy (non-hydrogen) atoms. The van der Waals surface area contributed by atoms with Gasteiger partial charge in [0.05, 0.1) is 6.33 Å². The Kier molecular flexibility index (Phi) is 1.90. The summed E-state index contributed by atoms with van der Waals surface area (Å²) in [6.07, 6.45) is 3.29. The van der Waals surface area contributed by atoms with Crippen LogP contribution in [0.5, 0.6) is 0 Å². The lowest BCUT2D eigenvalue weighted by atomic mass is 10.5. The number of nitrogen functional groups attached to an aromatic ring is 1. The Morgan fingerprint density at radius 2 is 2.29 bits per heavy atom. The number of imidazole rings is 1. The molecule has 0 saturated heterocycles. The van der Waals surface area contributed by atoms with Gasteiger partial charge in [-0.1, -0.05) is 6.58 Å². The third kappa shape index (κ3) is 1.12. The third-order valence-corrected chi connectivity index (χ3v) is 1.88. The van der Waals surface area contributed by atoms with Crippen molar-refractivity contribution in [2.75, 3.05) is 5.73 Å². The van der Waals surface area contributed by atoms with Gasteiger partial charge in [0.2, 0.25) is 0 Å². The molecule has 1 unspecified atom stereocenters. The molecule has 2 rings (SSSR count).